The first-order valence-corrected chi connectivity index (χ1v) is 12.3. The Morgan fingerprint density at radius 2 is 1.78 bits per heavy atom. The molecule has 4 rings (SSSR count). The topological polar surface area (TPSA) is 60.9 Å². The lowest BCUT2D eigenvalue weighted by Gasteiger charge is -2.27. The number of carbonyl (C=O) groups is 1. The first-order valence-electron chi connectivity index (χ1n) is 12.3. The van der Waals surface area contributed by atoms with E-state index in [1.165, 1.54) is 12.1 Å². The van der Waals surface area contributed by atoms with Gasteiger partial charge >= 0.3 is 5.97 Å². The summed E-state index contributed by atoms with van der Waals surface area (Å²) in [6.07, 6.45) is 8.00. The van der Waals surface area contributed by atoms with Crippen LogP contribution < -0.4 is 14.4 Å². The van der Waals surface area contributed by atoms with Crippen molar-refractivity contribution >= 4 is 17.3 Å². The zero-order valence-electron chi connectivity index (χ0n) is 21.3. The minimum atomic E-state index is -0.739. The molecule has 6 nitrogen and oxygen atoms in total. The lowest BCUT2D eigenvalue weighted by Crippen LogP contribution is -2.25. The number of halogens is 1. The lowest BCUT2D eigenvalue weighted by atomic mass is 10.1. The smallest absolute Gasteiger partial charge is 0.341 e. The van der Waals surface area contributed by atoms with Crippen LogP contribution >= 0.6 is 0 Å². The summed E-state index contributed by atoms with van der Waals surface area (Å²) in [4.78, 5) is 19.0. The fraction of sp³-hybridized carbons (Fsp3) is 0.379. The molecule has 36 heavy (non-hydrogen) atoms. The van der Waals surface area contributed by atoms with E-state index in [-0.39, 0.29) is 11.7 Å². The number of pyridine rings is 1. The Labute approximate surface area is 212 Å². The number of rotatable bonds is 8. The number of nitrogens with zero attached hydrogens (tertiary/aromatic N) is 2. The summed E-state index contributed by atoms with van der Waals surface area (Å²) in [5.74, 6) is -0.0226. The molecule has 0 unspecified atom stereocenters. The Morgan fingerprint density at radius 3 is 2.44 bits per heavy atom. The molecule has 1 fully saturated rings. The Balaban J connectivity index is 1.75. The highest BCUT2D eigenvalue weighted by Crippen LogP contribution is 2.38. The fourth-order valence-corrected chi connectivity index (χ4v) is 4.29. The lowest BCUT2D eigenvalue weighted by molar-refractivity contribution is 0.00647. The number of carbonyl (C=O) groups excluding carboxylic acids is 1. The van der Waals surface area contributed by atoms with Gasteiger partial charge in [-0.25, -0.2) is 9.18 Å². The van der Waals surface area contributed by atoms with Crippen molar-refractivity contribution in [3.05, 3.63) is 77.9 Å². The van der Waals surface area contributed by atoms with Crippen molar-refractivity contribution in [2.24, 2.45) is 0 Å². The standard InChI is InChI=1S/C29H33FN2O4/c1-29(2,3)36-28(33)24-16-21(11-13-25(24)30)32(19-20-8-7-15-31-18-20)22-12-14-26(34-4)27(17-22)35-23-9-5-6-10-23/h7-8,11-18,23H,5-6,9-10,19H2,1-4H3. The van der Waals surface area contributed by atoms with E-state index in [0.717, 1.165) is 36.9 Å². The number of hydrogen-bond acceptors (Lipinski definition) is 6. The Bertz CT molecular complexity index is 1190. The average Bonchev–Trinajstić information content (AvgIpc) is 3.36. The SMILES string of the molecule is COc1ccc(N(Cc2cccnc2)c2ccc(F)c(C(=O)OC(C)(C)C)c2)cc1OC1CCCC1. The van der Waals surface area contributed by atoms with Gasteiger partial charge in [-0.15, -0.1) is 0 Å². The molecule has 0 spiro atoms. The largest absolute Gasteiger partial charge is 0.493 e. The number of methoxy groups -OCH3 is 1. The van der Waals surface area contributed by atoms with E-state index < -0.39 is 17.4 Å². The van der Waals surface area contributed by atoms with Gasteiger partial charge in [0.25, 0.3) is 0 Å². The van der Waals surface area contributed by atoms with Crippen LogP contribution in [0.5, 0.6) is 11.5 Å². The normalized spacial score (nSPS) is 13.9. The molecule has 0 aliphatic heterocycles. The van der Waals surface area contributed by atoms with Gasteiger partial charge in [0.15, 0.2) is 11.5 Å². The summed E-state index contributed by atoms with van der Waals surface area (Å²) in [5, 5.41) is 0. The first-order chi connectivity index (χ1) is 17.2. The maximum atomic E-state index is 14.7. The van der Waals surface area contributed by atoms with E-state index >= 15 is 0 Å². The number of esters is 1. The number of anilines is 2. The third kappa shape index (κ3) is 6.33. The Hall–Kier alpha value is -3.61. The molecule has 0 amide bonds. The predicted octanol–water partition coefficient (Wildman–Crippen LogP) is 6.84. The van der Waals surface area contributed by atoms with E-state index in [2.05, 4.69) is 4.98 Å². The van der Waals surface area contributed by atoms with Gasteiger partial charge in [0.2, 0.25) is 0 Å². The molecule has 1 saturated carbocycles. The van der Waals surface area contributed by atoms with Crippen LogP contribution in [0.1, 0.15) is 62.4 Å². The molecule has 3 aromatic rings. The summed E-state index contributed by atoms with van der Waals surface area (Å²) in [5.41, 5.74) is 1.55. The highest BCUT2D eigenvalue weighted by molar-refractivity contribution is 5.91. The van der Waals surface area contributed by atoms with E-state index in [1.807, 2.05) is 35.2 Å². The summed E-state index contributed by atoms with van der Waals surface area (Å²) in [6.45, 7) is 5.71. The van der Waals surface area contributed by atoms with Gasteiger partial charge < -0.3 is 19.1 Å². The molecule has 1 aromatic heterocycles. The van der Waals surface area contributed by atoms with Crippen molar-refractivity contribution < 1.29 is 23.4 Å². The zero-order valence-corrected chi connectivity index (χ0v) is 21.3. The monoisotopic (exact) mass is 492 g/mol. The van der Waals surface area contributed by atoms with Crippen LogP contribution in [0, 0.1) is 5.82 Å². The van der Waals surface area contributed by atoms with Gasteiger partial charge in [0, 0.05) is 36.4 Å². The van der Waals surface area contributed by atoms with Gasteiger partial charge in [-0.05, 0) is 88.4 Å². The van der Waals surface area contributed by atoms with Crippen molar-refractivity contribution in [2.75, 3.05) is 12.0 Å². The van der Waals surface area contributed by atoms with Crippen LogP contribution in [0.25, 0.3) is 0 Å². The third-order valence-electron chi connectivity index (χ3n) is 6.00. The molecule has 7 heteroatoms. The Kier molecular flexibility index (Phi) is 7.77. The second-order valence-electron chi connectivity index (χ2n) is 9.97. The van der Waals surface area contributed by atoms with Crippen LogP contribution in [-0.4, -0.2) is 29.8 Å². The van der Waals surface area contributed by atoms with Crippen LogP contribution in [-0.2, 0) is 11.3 Å². The molecular weight excluding hydrogens is 459 g/mol. The van der Waals surface area contributed by atoms with Crippen molar-refractivity contribution in [1.82, 2.24) is 4.98 Å². The maximum absolute atomic E-state index is 14.7. The summed E-state index contributed by atoms with van der Waals surface area (Å²) < 4.78 is 32.0. The van der Waals surface area contributed by atoms with Gasteiger partial charge in [-0.1, -0.05) is 6.07 Å². The molecule has 0 bridgehead atoms. The molecule has 0 atom stereocenters. The molecule has 0 N–H and O–H groups in total. The number of hydrogen-bond donors (Lipinski definition) is 0. The van der Waals surface area contributed by atoms with Gasteiger partial charge in [-0.2, -0.15) is 0 Å². The molecule has 1 heterocycles. The molecule has 0 saturated heterocycles. The highest BCUT2D eigenvalue weighted by atomic mass is 19.1. The van der Waals surface area contributed by atoms with Crippen LogP contribution in [0.15, 0.2) is 60.9 Å². The highest BCUT2D eigenvalue weighted by Gasteiger charge is 2.24. The number of benzene rings is 2. The van der Waals surface area contributed by atoms with E-state index in [0.29, 0.717) is 23.7 Å². The summed E-state index contributed by atoms with van der Waals surface area (Å²) >= 11 is 0. The second kappa shape index (κ2) is 11.0. The van der Waals surface area contributed by atoms with Crippen molar-refractivity contribution in [3.8, 4) is 11.5 Å². The quantitative estimate of drug-likeness (QED) is 0.321. The zero-order chi connectivity index (χ0) is 25.7. The van der Waals surface area contributed by atoms with Gasteiger partial charge in [-0.3, -0.25) is 4.98 Å². The predicted molar refractivity (Wildman–Crippen MR) is 138 cm³/mol. The fourth-order valence-electron chi connectivity index (χ4n) is 4.29. The minimum Gasteiger partial charge on any atom is -0.493 e. The van der Waals surface area contributed by atoms with Gasteiger partial charge in [0.1, 0.15) is 11.4 Å². The number of aromatic nitrogens is 1. The molecule has 2 aromatic carbocycles. The van der Waals surface area contributed by atoms with Crippen LogP contribution in [0.3, 0.4) is 0 Å². The third-order valence-corrected chi connectivity index (χ3v) is 6.00. The van der Waals surface area contributed by atoms with Crippen LogP contribution in [0.4, 0.5) is 15.8 Å². The Morgan fingerprint density at radius 1 is 1.06 bits per heavy atom. The molecule has 1 aliphatic rings. The average molecular weight is 493 g/mol. The molecular formula is C29H33FN2O4. The van der Waals surface area contributed by atoms with Crippen molar-refractivity contribution in [3.63, 3.8) is 0 Å². The first kappa shape index (κ1) is 25.5. The second-order valence-corrected chi connectivity index (χ2v) is 9.97. The molecule has 1 aliphatic carbocycles. The van der Waals surface area contributed by atoms with Crippen LogP contribution in [0.2, 0.25) is 0 Å². The van der Waals surface area contributed by atoms with E-state index in [1.54, 1.807) is 46.3 Å². The van der Waals surface area contributed by atoms with Gasteiger partial charge in [0.05, 0.1) is 18.8 Å². The summed E-state index contributed by atoms with van der Waals surface area (Å²) in [7, 11) is 1.62. The van der Waals surface area contributed by atoms with Crippen molar-refractivity contribution in [1.29, 1.82) is 0 Å². The molecule has 190 valence electrons. The van der Waals surface area contributed by atoms with E-state index in [9.17, 15) is 9.18 Å². The minimum absolute atomic E-state index is 0.116. The van der Waals surface area contributed by atoms with Crippen molar-refractivity contribution in [2.45, 2.75) is 64.7 Å². The number of ether oxygens (including phenoxy) is 3. The maximum Gasteiger partial charge on any atom is 0.341 e. The summed E-state index contributed by atoms with van der Waals surface area (Å²) in [6, 6.07) is 14.0. The molecule has 0 radical (unpaired) electrons. The van der Waals surface area contributed by atoms with E-state index in [4.69, 9.17) is 14.2 Å².